The summed E-state index contributed by atoms with van der Waals surface area (Å²) in [7, 11) is 0. The highest BCUT2D eigenvalue weighted by molar-refractivity contribution is 5.81. The van der Waals surface area contributed by atoms with Gasteiger partial charge in [0.15, 0.2) is 0 Å². The van der Waals surface area contributed by atoms with Crippen molar-refractivity contribution in [1.82, 2.24) is 4.98 Å². The van der Waals surface area contributed by atoms with Gasteiger partial charge in [0.2, 0.25) is 0 Å². The molecular weight excluding hydrogens is 484 g/mol. The van der Waals surface area contributed by atoms with Gasteiger partial charge in [0.25, 0.3) is 0 Å². The van der Waals surface area contributed by atoms with E-state index in [1.807, 2.05) is 13.8 Å². The number of benzene rings is 2. The molecule has 0 aliphatic rings. The van der Waals surface area contributed by atoms with Gasteiger partial charge < -0.3 is 4.74 Å². The van der Waals surface area contributed by atoms with Gasteiger partial charge in [-0.05, 0) is 65.8 Å². The number of alkyl halides is 6. The van der Waals surface area contributed by atoms with Gasteiger partial charge >= 0.3 is 18.3 Å². The van der Waals surface area contributed by atoms with E-state index in [9.17, 15) is 31.1 Å². The Labute approximate surface area is 205 Å². The van der Waals surface area contributed by atoms with Crippen LogP contribution in [0.5, 0.6) is 0 Å². The molecule has 36 heavy (non-hydrogen) atoms. The molecule has 1 heterocycles. The summed E-state index contributed by atoms with van der Waals surface area (Å²) in [4.78, 5) is 16.3. The highest BCUT2D eigenvalue weighted by Gasteiger charge is 2.32. The average Bonchev–Trinajstić information content (AvgIpc) is 2.81. The molecule has 1 aromatic heterocycles. The Morgan fingerprint density at radius 2 is 1.42 bits per heavy atom. The van der Waals surface area contributed by atoms with Crippen LogP contribution < -0.4 is 0 Å². The molecule has 3 nitrogen and oxygen atoms in total. The minimum absolute atomic E-state index is 0.116. The summed E-state index contributed by atoms with van der Waals surface area (Å²) >= 11 is 0. The summed E-state index contributed by atoms with van der Waals surface area (Å²) in [6, 6.07) is 11.7. The molecule has 1 atom stereocenters. The largest absolute Gasteiger partial charge is 0.466 e. The Hall–Kier alpha value is -3.36. The van der Waals surface area contributed by atoms with E-state index in [1.54, 1.807) is 25.1 Å². The zero-order valence-corrected chi connectivity index (χ0v) is 19.9. The normalized spacial score (nSPS) is 13.1. The van der Waals surface area contributed by atoms with Crippen LogP contribution in [0.15, 0.2) is 60.8 Å². The van der Waals surface area contributed by atoms with Crippen LogP contribution in [0.25, 0.3) is 22.3 Å². The van der Waals surface area contributed by atoms with E-state index in [-0.39, 0.29) is 12.5 Å². The lowest BCUT2D eigenvalue weighted by Gasteiger charge is -2.20. The van der Waals surface area contributed by atoms with Crippen molar-refractivity contribution in [3.8, 4) is 22.3 Å². The first kappa shape index (κ1) is 27.2. The second-order valence-electron chi connectivity index (χ2n) is 8.78. The number of nitrogens with zero attached hydrogens (tertiary/aromatic N) is 1. The van der Waals surface area contributed by atoms with E-state index < -0.39 is 35.5 Å². The molecule has 3 aromatic rings. The number of aromatic nitrogens is 1. The topological polar surface area (TPSA) is 39.2 Å². The average molecular weight is 509 g/mol. The molecule has 9 heteroatoms. The molecule has 2 aromatic carbocycles. The molecule has 0 saturated carbocycles. The Balaban J connectivity index is 2.16. The van der Waals surface area contributed by atoms with E-state index in [1.165, 1.54) is 18.2 Å². The third-order valence-electron chi connectivity index (χ3n) is 5.57. The minimum Gasteiger partial charge on any atom is -0.466 e. The smallest absolute Gasteiger partial charge is 0.433 e. The van der Waals surface area contributed by atoms with Crippen LogP contribution in [0.3, 0.4) is 0 Å². The Morgan fingerprint density at radius 3 is 1.89 bits per heavy atom. The van der Waals surface area contributed by atoms with Crippen molar-refractivity contribution in [3.05, 3.63) is 77.6 Å². The van der Waals surface area contributed by atoms with E-state index in [0.29, 0.717) is 34.2 Å². The Kier molecular flexibility index (Phi) is 8.11. The highest BCUT2D eigenvalue weighted by Crippen LogP contribution is 2.36. The number of rotatable bonds is 7. The fourth-order valence-corrected chi connectivity index (χ4v) is 3.85. The maximum Gasteiger partial charge on any atom is 0.433 e. The molecule has 0 fully saturated rings. The number of ether oxygens (including phenoxy) is 1. The van der Waals surface area contributed by atoms with Crippen molar-refractivity contribution < 1.29 is 35.9 Å². The van der Waals surface area contributed by atoms with Gasteiger partial charge in [-0.25, -0.2) is 0 Å². The van der Waals surface area contributed by atoms with Crippen molar-refractivity contribution in [2.24, 2.45) is 5.92 Å². The van der Waals surface area contributed by atoms with Crippen LogP contribution in [0.4, 0.5) is 26.3 Å². The number of esters is 1. The lowest BCUT2D eigenvalue weighted by Crippen LogP contribution is -2.18. The summed E-state index contributed by atoms with van der Waals surface area (Å²) in [5.41, 5.74) is 0.502. The van der Waals surface area contributed by atoms with Gasteiger partial charge in [-0.15, -0.1) is 0 Å². The molecule has 0 bridgehead atoms. The molecular formula is C27H25F6NO2. The van der Waals surface area contributed by atoms with Crippen molar-refractivity contribution in [3.63, 3.8) is 0 Å². The first-order valence-corrected chi connectivity index (χ1v) is 11.3. The molecule has 1 unspecified atom stereocenters. The summed E-state index contributed by atoms with van der Waals surface area (Å²) in [5, 5.41) is 0. The fraction of sp³-hybridized carbons (Fsp3) is 0.333. The van der Waals surface area contributed by atoms with Gasteiger partial charge in [0, 0.05) is 11.8 Å². The zero-order chi connectivity index (χ0) is 26.7. The molecule has 0 spiro atoms. The monoisotopic (exact) mass is 509 g/mol. The number of pyridine rings is 1. The van der Waals surface area contributed by atoms with E-state index in [0.717, 1.165) is 24.4 Å². The fourth-order valence-electron chi connectivity index (χ4n) is 3.85. The van der Waals surface area contributed by atoms with Crippen molar-refractivity contribution in [2.75, 3.05) is 6.61 Å². The highest BCUT2D eigenvalue weighted by atomic mass is 19.4. The molecule has 0 aliphatic carbocycles. The van der Waals surface area contributed by atoms with Gasteiger partial charge in [0.1, 0.15) is 5.69 Å². The van der Waals surface area contributed by atoms with Crippen LogP contribution in [-0.2, 0) is 21.9 Å². The third kappa shape index (κ3) is 6.65. The van der Waals surface area contributed by atoms with Crippen LogP contribution in [0.1, 0.15) is 49.9 Å². The van der Waals surface area contributed by atoms with E-state index in [2.05, 4.69) is 4.98 Å². The van der Waals surface area contributed by atoms with Crippen LogP contribution >= 0.6 is 0 Å². The van der Waals surface area contributed by atoms with Gasteiger partial charge in [0.05, 0.1) is 18.1 Å². The molecule has 3 rings (SSSR count). The standard InChI is InChI=1S/C27H25F6NO2/c1-4-36-25(35)23(11-16(2)3)21-13-19(17-5-8-22(9-6-17)26(28,29)30)12-20(14-21)18-7-10-24(34-15-18)27(31,32)33/h5-10,12-16,23H,4,11H2,1-3H3. The lowest BCUT2D eigenvalue weighted by molar-refractivity contribution is -0.145. The molecule has 0 amide bonds. The van der Waals surface area contributed by atoms with Gasteiger partial charge in [-0.1, -0.05) is 44.2 Å². The number of carbonyl (C=O) groups is 1. The van der Waals surface area contributed by atoms with Crippen molar-refractivity contribution >= 4 is 5.97 Å². The molecule has 192 valence electrons. The first-order chi connectivity index (χ1) is 16.8. The molecule has 0 aliphatic heterocycles. The van der Waals surface area contributed by atoms with E-state index in [4.69, 9.17) is 4.74 Å². The summed E-state index contributed by atoms with van der Waals surface area (Å²) in [5.74, 6) is -1.00. The Bertz CT molecular complexity index is 1110. The number of hydrogen-bond donors (Lipinski definition) is 0. The summed E-state index contributed by atoms with van der Waals surface area (Å²) in [6.07, 6.45) is -7.57. The maximum absolute atomic E-state index is 13.0. The van der Waals surface area contributed by atoms with Crippen molar-refractivity contribution in [2.45, 2.75) is 45.5 Å². The number of hydrogen-bond acceptors (Lipinski definition) is 3. The van der Waals surface area contributed by atoms with Gasteiger partial charge in [-0.3, -0.25) is 9.78 Å². The summed E-state index contributed by atoms with van der Waals surface area (Å²) in [6.45, 7) is 5.73. The predicted molar refractivity (Wildman–Crippen MR) is 124 cm³/mol. The second-order valence-corrected chi connectivity index (χ2v) is 8.78. The maximum atomic E-state index is 13.0. The second kappa shape index (κ2) is 10.7. The SMILES string of the molecule is CCOC(=O)C(CC(C)C)c1cc(-c2ccc(C(F)(F)F)cc2)cc(-c2ccc(C(F)(F)F)nc2)c1. The first-order valence-electron chi connectivity index (χ1n) is 11.3. The van der Waals surface area contributed by atoms with Crippen molar-refractivity contribution in [1.29, 1.82) is 0 Å². The third-order valence-corrected chi connectivity index (χ3v) is 5.57. The molecule has 0 saturated heterocycles. The van der Waals surface area contributed by atoms with Crippen LogP contribution in [0, 0.1) is 5.92 Å². The predicted octanol–water partition coefficient (Wildman–Crippen LogP) is 8.15. The summed E-state index contributed by atoms with van der Waals surface area (Å²) < 4.78 is 83.3. The quantitative estimate of drug-likeness (QED) is 0.238. The number of carbonyl (C=O) groups excluding carboxylic acids is 1. The van der Waals surface area contributed by atoms with Gasteiger partial charge in [-0.2, -0.15) is 26.3 Å². The van der Waals surface area contributed by atoms with Crippen LogP contribution in [-0.4, -0.2) is 17.6 Å². The zero-order valence-electron chi connectivity index (χ0n) is 19.9. The molecule has 0 N–H and O–H groups in total. The van der Waals surface area contributed by atoms with Crippen LogP contribution in [0.2, 0.25) is 0 Å². The Morgan fingerprint density at radius 1 is 0.833 bits per heavy atom. The minimum atomic E-state index is -4.60. The lowest BCUT2D eigenvalue weighted by atomic mass is 9.86. The number of halogens is 6. The molecule has 0 radical (unpaired) electrons. The van der Waals surface area contributed by atoms with E-state index >= 15 is 0 Å².